The van der Waals surface area contributed by atoms with Crippen molar-refractivity contribution in [3.8, 4) is 0 Å². The summed E-state index contributed by atoms with van der Waals surface area (Å²) in [5.41, 5.74) is 0.0737. The third-order valence-electron chi connectivity index (χ3n) is 5.46. The Kier molecular flexibility index (Phi) is 35.0. The normalized spacial score (nSPS) is 12.1. The highest BCUT2D eigenvalue weighted by atomic mass is 16.5. The van der Waals surface area contributed by atoms with Crippen molar-refractivity contribution in [2.24, 2.45) is 23.7 Å². The van der Waals surface area contributed by atoms with Crippen molar-refractivity contribution in [2.45, 2.75) is 133 Å². The van der Waals surface area contributed by atoms with Crippen molar-refractivity contribution < 1.29 is 18.9 Å². The topological polar surface area (TPSA) is 36.9 Å². The second-order valence-corrected chi connectivity index (χ2v) is 11.6. The van der Waals surface area contributed by atoms with Crippen LogP contribution in [-0.4, -0.2) is 53.4 Å². The van der Waals surface area contributed by atoms with E-state index in [4.69, 9.17) is 18.9 Å². The first-order valence-corrected chi connectivity index (χ1v) is 13.7. The molecule has 0 rings (SSSR count). The fraction of sp³-hybridized carbons (Fsp3) is 1.00. The Morgan fingerprint density at radius 3 is 1.26 bits per heavy atom. The van der Waals surface area contributed by atoms with E-state index in [0.29, 0.717) is 6.10 Å². The number of methoxy groups -OCH3 is 4. The van der Waals surface area contributed by atoms with Gasteiger partial charge in [-0.1, -0.05) is 55.4 Å². The largest absolute Gasteiger partial charge is 0.385 e. The standard InChI is InChI=1S/C9H20O.C8H18O.C7H16O.C6H14O/c1-8(2)6-7-9(3,4)10-5;1-7(2)5-6-8(3)9-4;1-7(2)5-4-6-8-3;1-6(2)4-5-7-3/h8H,6-7H2,1-5H3;7-8H,5-6H2,1-4H3;7H,4-6H2,1-3H3;6H,4-5H2,1-3H3. The van der Waals surface area contributed by atoms with Gasteiger partial charge >= 0.3 is 0 Å². The number of hydrogen-bond acceptors (Lipinski definition) is 4. The Hall–Kier alpha value is -0.160. The van der Waals surface area contributed by atoms with Crippen molar-refractivity contribution in [1.82, 2.24) is 0 Å². The molecule has 0 radical (unpaired) electrons. The van der Waals surface area contributed by atoms with Gasteiger partial charge in [0.15, 0.2) is 0 Å². The predicted octanol–water partition coefficient (Wildman–Crippen LogP) is 9.05. The zero-order valence-corrected chi connectivity index (χ0v) is 26.4. The molecule has 1 unspecified atom stereocenters. The molecule has 0 amide bonds. The molecule has 4 heteroatoms. The third kappa shape index (κ3) is 49.1. The SMILES string of the molecule is COC(C)(C)CCC(C)C.COC(C)CCC(C)C.COCCC(C)C.COCCCC(C)C. The summed E-state index contributed by atoms with van der Waals surface area (Å²) < 4.78 is 20.1. The number of ether oxygens (including phenoxy) is 4. The smallest absolute Gasteiger partial charge is 0.0622 e. The van der Waals surface area contributed by atoms with E-state index in [0.717, 1.165) is 43.3 Å². The Labute approximate surface area is 217 Å². The molecule has 0 aromatic heterocycles. The summed E-state index contributed by atoms with van der Waals surface area (Å²) >= 11 is 0. The van der Waals surface area contributed by atoms with E-state index in [1.165, 1.54) is 38.5 Å². The molecule has 0 aliphatic carbocycles. The van der Waals surface area contributed by atoms with Crippen LogP contribution in [0.3, 0.4) is 0 Å². The minimum Gasteiger partial charge on any atom is -0.385 e. The molecule has 0 N–H and O–H groups in total. The van der Waals surface area contributed by atoms with Crippen LogP contribution in [0.1, 0.15) is 121 Å². The van der Waals surface area contributed by atoms with E-state index in [9.17, 15) is 0 Å². The lowest BCUT2D eigenvalue weighted by Crippen LogP contribution is -2.22. The second kappa shape index (κ2) is 29.1. The fourth-order valence-corrected chi connectivity index (χ4v) is 2.41. The Morgan fingerprint density at radius 2 is 0.971 bits per heavy atom. The molecule has 4 nitrogen and oxygen atoms in total. The van der Waals surface area contributed by atoms with Gasteiger partial charge in [0.05, 0.1) is 11.7 Å². The Balaban J connectivity index is -0.000000178. The summed E-state index contributed by atoms with van der Waals surface area (Å²) in [6, 6.07) is 0. The quantitative estimate of drug-likeness (QED) is 0.214. The number of rotatable bonds is 15. The lowest BCUT2D eigenvalue weighted by Gasteiger charge is -2.23. The first-order chi connectivity index (χ1) is 15.7. The van der Waals surface area contributed by atoms with Crippen molar-refractivity contribution in [1.29, 1.82) is 0 Å². The maximum atomic E-state index is 5.29. The van der Waals surface area contributed by atoms with Crippen molar-refractivity contribution >= 4 is 0 Å². The fourth-order valence-electron chi connectivity index (χ4n) is 2.41. The molecule has 212 valence electrons. The first kappa shape index (κ1) is 41.0. The molecule has 1 atom stereocenters. The van der Waals surface area contributed by atoms with Gasteiger partial charge in [0.1, 0.15) is 0 Å². The molecule has 0 aliphatic heterocycles. The van der Waals surface area contributed by atoms with Crippen LogP contribution in [0.5, 0.6) is 0 Å². The van der Waals surface area contributed by atoms with Crippen molar-refractivity contribution in [3.05, 3.63) is 0 Å². The van der Waals surface area contributed by atoms with Crippen LogP contribution in [0.25, 0.3) is 0 Å². The van der Waals surface area contributed by atoms with Crippen molar-refractivity contribution in [3.63, 3.8) is 0 Å². The van der Waals surface area contributed by atoms with Gasteiger partial charge in [0.2, 0.25) is 0 Å². The summed E-state index contributed by atoms with van der Waals surface area (Å²) in [6.07, 6.45) is 8.97. The molecule has 0 heterocycles. The monoisotopic (exact) mass is 493 g/mol. The lowest BCUT2D eigenvalue weighted by atomic mass is 9.97. The maximum absolute atomic E-state index is 5.29. The highest BCUT2D eigenvalue weighted by Gasteiger charge is 2.15. The van der Waals surface area contributed by atoms with E-state index >= 15 is 0 Å². The van der Waals surface area contributed by atoms with Crippen LogP contribution >= 0.6 is 0 Å². The van der Waals surface area contributed by atoms with E-state index in [1.54, 1.807) is 28.4 Å². The third-order valence-corrected chi connectivity index (χ3v) is 5.46. The highest BCUT2D eigenvalue weighted by molar-refractivity contribution is 4.67. The molecule has 0 aliphatic rings. The number of hydrogen-bond donors (Lipinski definition) is 0. The minimum absolute atomic E-state index is 0.0737. The van der Waals surface area contributed by atoms with Crippen LogP contribution in [0, 0.1) is 23.7 Å². The van der Waals surface area contributed by atoms with Crippen LogP contribution in [0.15, 0.2) is 0 Å². The van der Waals surface area contributed by atoms with Crippen LogP contribution in [0.4, 0.5) is 0 Å². The van der Waals surface area contributed by atoms with Gasteiger partial charge in [0.25, 0.3) is 0 Å². The molecule has 0 bridgehead atoms. The van der Waals surface area contributed by atoms with Gasteiger partial charge < -0.3 is 18.9 Å². The summed E-state index contributed by atoms with van der Waals surface area (Å²) in [4.78, 5) is 0. The molecule has 0 saturated carbocycles. The highest BCUT2D eigenvalue weighted by Crippen LogP contribution is 2.18. The van der Waals surface area contributed by atoms with Gasteiger partial charge in [-0.05, 0) is 89.4 Å². The maximum Gasteiger partial charge on any atom is 0.0622 e. The van der Waals surface area contributed by atoms with Gasteiger partial charge in [-0.15, -0.1) is 0 Å². The van der Waals surface area contributed by atoms with E-state index in [-0.39, 0.29) is 5.60 Å². The van der Waals surface area contributed by atoms with Gasteiger partial charge in [-0.3, -0.25) is 0 Å². The van der Waals surface area contributed by atoms with E-state index in [1.807, 2.05) is 0 Å². The molecule has 34 heavy (non-hydrogen) atoms. The summed E-state index contributed by atoms with van der Waals surface area (Å²) in [7, 11) is 7.04. The van der Waals surface area contributed by atoms with Crippen LogP contribution < -0.4 is 0 Å². The van der Waals surface area contributed by atoms with E-state index in [2.05, 4.69) is 76.2 Å². The van der Waals surface area contributed by atoms with Crippen molar-refractivity contribution in [2.75, 3.05) is 41.7 Å². The van der Waals surface area contributed by atoms with Gasteiger partial charge in [-0.2, -0.15) is 0 Å². The molecule has 0 spiro atoms. The minimum atomic E-state index is 0.0737. The molecule has 0 aromatic carbocycles. The van der Waals surface area contributed by atoms with Gasteiger partial charge in [0, 0.05) is 41.7 Å². The zero-order chi connectivity index (χ0) is 27.6. The summed E-state index contributed by atoms with van der Waals surface area (Å²) in [6.45, 7) is 26.0. The lowest BCUT2D eigenvalue weighted by molar-refractivity contribution is 0.0113. The molecular weight excluding hydrogens is 424 g/mol. The van der Waals surface area contributed by atoms with Crippen LogP contribution in [-0.2, 0) is 18.9 Å². The predicted molar refractivity (Wildman–Crippen MR) is 153 cm³/mol. The van der Waals surface area contributed by atoms with E-state index < -0.39 is 0 Å². The van der Waals surface area contributed by atoms with Crippen LogP contribution in [0.2, 0.25) is 0 Å². The van der Waals surface area contributed by atoms with Gasteiger partial charge in [-0.25, -0.2) is 0 Å². The Bertz CT molecular complexity index is 352. The average Bonchev–Trinajstić information content (AvgIpc) is 2.76. The summed E-state index contributed by atoms with van der Waals surface area (Å²) in [5, 5.41) is 0. The summed E-state index contributed by atoms with van der Waals surface area (Å²) in [5.74, 6) is 3.20. The molecule has 0 fully saturated rings. The first-order valence-electron chi connectivity index (χ1n) is 13.7. The zero-order valence-electron chi connectivity index (χ0n) is 26.4. The second-order valence-electron chi connectivity index (χ2n) is 11.6. The Morgan fingerprint density at radius 1 is 0.529 bits per heavy atom. The molecular formula is C30H68O4. The molecule has 0 saturated heterocycles. The molecule has 0 aromatic rings. The average molecular weight is 493 g/mol.